The molecule has 132 valence electrons. The third kappa shape index (κ3) is 5.64. The molecule has 25 heavy (non-hydrogen) atoms. The summed E-state index contributed by atoms with van der Waals surface area (Å²) in [5.41, 5.74) is 0.461. The lowest BCUT2D eigenvalue weighted by atomic mass is 10.3. The molecule has 0 aliphatic carbocycles. The van der Waals surface area contributed by atoms with Crippen LogP contribution in [0.2, 0.25) is 0 Å². The first-order chi connectivity index (χ1) is 12.0. The molecule has 0 bridgehead atoms. The summed E-state index contributed by atoms with van der Waals surface area (Å²) >= 11 is 3.07. The van der Waals surface area contributed by atoms with Gasteiger partial charge in [0.15, 0.2) is 17.0 Å². The molecule has 0 radical (unpaired) electrons. The molecule has 1 heterocycles. The fourth-order valence-electron chi connectivity index (χ4n) is 1.81. The van der Waals surface area contributed by atoms with Crippen LogP contribution in [0, 0.1) is 0 Å². The highest BCUT2D eigenvalue weighted by molar-refractivity contribution is 9.10. The van der Waals surface area contributed by atoms with Crippen LogP contribution in [0.1, 0.15) is 10.6 Å². The second kappa shape index (κ2) is 8.88. The minimum absolute atomic E-state index is 0.0496. The molecule has 0 atom stereocenters. The largest absolute Gasteiger partial charge is 0.495 e. The molecule has 0 saturated carbocycles. The van der Waals surface area contributed by atoms with E-state index in [1.54, 1.807) is 30.3 Å². The van der Waals surface area contributed by atoms with Crippen molar-refractivity contribution in [2.75, 3.05) is 25.6 Å². The number of nitrogens with one attached hydrogen (secondary N) is 2. The van der Waals surface area contributed by atoms with E-state index in [1.165, 1.54) is 13.2 Å². The van der Waals surface area contributed by atoms with Gasteiger partial charge < -0.3 is 24.5 Å². The number of carbonyl (C=O) groups is 3. The van der Waals surface area contributed by atoms with Crippen LogP contribution in [0.3, 0.4) is 0 Å². The minimum Gasteiger partial charge on any atom is -0.495 e. The average molecular weight is 411 g/mol. The van der Waals surface area contributed by atoms with Gasteiger partial charge in [-0.15, -0.1) is 0 Å². The first-order valence-electron chi connectivity index (χ1n) is 7.11. The van der Waals surface area contributed by atoms with Crippen molar-refractivity contribution in [3.8, 4) is 5.75 Å². The predicted molar refractivity (Wildman–Crippen MR) is 91.3 cm³/mol. The maximum absolute atomic E-state index is 11.8. The Morgan fingerprint density at radius 2 is 1.92 bits per heavy atom. The molecule has 0 aliphatic heterocycles. The number of furan rings is 1. The molecule has 2 aromatic rings. The molecular formula is C16H15BrN2O6. The van der Waals surface area contributed by atoms with E-state index in [0.29, 0.717) is 16.1 Å². The smallest absolute Gasteiger partial charge is 0.325 e. The number of methoxy groups -OCH3 is 1. The van der Waals surface area contributed by atoms with Crippen molar-refractivity contribution in [3.63, 3.8) is 0 Å². The molecule has 8 nitrogen and oxygen atoms in total. The molecule has 2 amide bonds. The fraction of sp³-hybridized carbons (Fsp3) is 0.188. The Hall–Kier alpha value is -2.81. The number of esters is 1. The molecule has 0 aliphatic rings. The summed E-state index contributed by atoms with van der Waals surface area (Å²) < 4.78 is 15.3. The maximum atomic E-state index is 11.8. The molecule has 0 unspecified atom stereocenters. The summed E-state index contributed by atoms with van der Waals surface area (Å²) in [5.74, 6) is -1.32. The highest BCUT2D eigenvalue weighted by Gasteiger charge is 2.14. The first kappa shape index (κ1) is 18.5. The normalized spacial score (nSPS) is 10.0. The van der Waals surface area contributed by atoms with Gasteiger partial charge in [-0.1, -0.05) is 12.1 Å². The van der Waals surface area contributed by atoms with Gasteiger partial charge in [0.25, 0.3) is 11.8 Å². The number of hydrogen-bond donors (Lipinski definition) is 2. The molecule has 0 fully saturated rings. The first-order valence-corrected chi connectivity index (χ1v) is 7.91. The molecule has 1 aromatic heterocycles. The number of ether oxygens (including phenoxy) is 2. The summed E-state index contributed by atoms with van der Waals surface area (Å²) in [5, 5.41) is 4.89. The van der Waals surface area contributed by atoms with E-state index in [2.05, 4.69) is 26.6 Å². The molecule has 2 N–H and O–H groups in total. The van der Waals surface area contributed by atoms with Crippen LogP contribution in [0.25, 0.3) is 0 Å². The maximum Gasteiger partial charge on any atom is 0.325 e. The quantitative estimate of drug-likeness (QED) is 0.675. The van der Waals surface area contributed by atoms with E-state index in [0.717, 1.165) is 0 Å². The highest BCUT2D eigenvalue weighted by atomic mass is 79.9. The SMILES string of the molecule is COc1ccccc1NC(=O)COC(=O)CNC(=O)c1ccc(Br)o1. The summed E-state index contributed by atoms with van der Waals surface area (Å²) in [6.07, 6.45) is 0. The summed E-state index contributed by atoms with van der Waals surface area (Å²) in [6, 6.07) is 9.83. The van der Waals surface area contributed by atoms with Crippen LogP contribution in [0.5, 0.6) is 5.75 Å². The second-order valence-corrected chi connectivity index (χ2v) is 5.48. The van der Waals surface area contributed by atoms with Crippen molar-refractivity contribution >= 4 is 39.4 Å². The second-order valence-electron chi connectivity index (χ2n) is 4.70. The minimum atomic E-state index is -0.755. The predicted octanol–water partition coefficient (Wildman–Crippen LogP) is 1.96. The zero-order chi connectivity index (χ0) is 18.2. The molecule has 0 spiro atoms. The third-order valence-corrected chi connectivity index (χ3v) is 3.36. The average Bonchev–Trinajstić information content (AvgIpc) is 3.05. The lowest BCUT2D eigenvalue weighted by Crippen LogP contribution is -2.32. The van der Waals surface area contributed by atoms with Crippen LogP contribution in [-0.4, -0.2) is 38.0 Å². The molecule has 1 aromatic carbocycles. The molecule has 2 rings (SSSR count). The lowest BCUT2D eigenvalue weighted by Gasteiger charge is -2.10. The molecule has 9 heteroatoms. The van der Waals surface area contributed by atoms with Gasteiger partial charge >= 0.3 is 5.97 Å². The number of amides is 2. The Balaban J connectivity index is 1.74. The topological polar surface area (TPSA) is 107 Å². The number of carbonyl (C=O) groups excluding carboxylic acids is 3. The number of hydrogen-bond acceptors (Lipinski definition) is 6. The van der Waals surface area contributed by atoms with E-state index in [9.17, 15) is 14.4 Å². The van der Waals surface area contributed by atoms with E-state index in [1.807, 2.05) is 0 Å². The van der Waals surface area contributed by atoms with Gasteiger partial charge in [0.1, 0.15) is 12.3 Å². The van der Waals surface area contributed by atoms with Crippen LogP contribution in [0.4, 0.5) is 5.69 Å². The van der Waals surface area contributed by atoms with Gasteiger partial charge in [0.05, 0.1) is 12.8 Å². The molecule has 0 saturated heterocycles. The van der Waals surface area contributed by atoms with Crippen molar-refractivity contribution < 1.29 is 28.3 Å². The van der Waals surface area contributed by atoms with Gasteiger partial charge in [-0.3, -0.25) is 14.4 Å². The number of rotatable bonds is 7. The standard InChI is InChI=1S/C16H15BrN2O6/c1-23-11-5-3-2-4-10(11)19-14(20)9-24-15(21)8-18-16(22)12-6-7-13(17)25-12/h2-7H,8-9H2,1H3,(H,18,22)(H,19,20). The Kier molecular flexibility index (Phi) is 6.58. The van der Waals surface area contributed by atoms with Crippen molar-refractivity contribution in [3.05, 3.63) is 46.8 Å². The fourth-order valence-corrected chi connectivity index (χ4v) is 2.11. The Bertz CT molecular complexity index is 773. The zero-order valence-corrected chi connectivity index (χ0v) is 14.8. The van der Waals surface area contributed by atoms with Crippen LogP contribution in [-0.2, 0) is 14.3 Å². The van der Waals surface area contributed by atoms with Crippen molar-refractivity contribution in [1.29, 1.82) is 0 Å². The summed E-state index contributed by atoms with van der Waals surface area (Å²) in [7, 11) is 1.48. The van der Waals surface area contributed by atoms with Gasteiger partial charge in [0, 0.05) is 0 Å². The van der Waals surface area contributed by atoms with Gasteiger partial charge in [0.2, 0.25) is 0 Å². The van der Waals surface area contributed by atoms with E-state index in [4.69, 9.17) is 13.9 Å². The van der Waals surface area contributed by atoms with E-state index in [-0.39, 0.29) is 12.3 Å². The Morgan fingerprint density at radius 1 is 1.16 bits per heavy atom. The monoisotopic (exact) mass is 410 g/mol. The van der Waals surface area contributed by atoms with Gasteiger partial charge in [-0.05, 0) is 40.2 Å². The van der Waals surface area contributed by atoms with Crippen LogP contribution in [0.15, 0.2) is 45.5 Å². The number of anilines is 1. The summed E-state index contributed by atoms with van der Waals surface area (Å²) in [4.78, 5) is 35.1. The molecular weight excluding hydrogens is 396 g/mol. The number of para-hydroxylation sites is 2. The number of benzene rings is 1. The van der Waals surface area contributed by atoms with E-state index >= 15 is 0 Å². The highest BCUT2D eigenvalue weighted by Crippen LogP contribution is 2.22. The van der Waals surface area contributed by atoms with Crippen molar-refractivity contribution in [2.24, 2.45) is 0 Å². The van der Waals surface area contributed by atoms with Crippen LogP contribution >= 0.6 is 15.9 Å². The Labute approximate surface area is 151 Å². The van der Waals surface area contributed by atoms with Gasteiger partial charge in [-0.25, -0.2) is 0 Å². The van der Waals surface area contributed by atoms with Crippen molar-refractivity contribution in [1.82, 2.24) is 5.32 Å². The van der Waals surface area contributed by atoms with Crippen molar-refractivity contribution in [2.45, 2.75) is 0 Å². The van der Waals surface area contributed by atoms with E-state index < -0.39 is 24.4 Å². The lowest BCUT2D eigenvalue weighted by molar-refractivity contribution is -0.146. The number of halogens is 1. The third-order valence-electron chi connectivity index (χ3n) is 2.94. The van der Waals surface area contributed by atoms with Gasteiger partial charge in [-0.2, -0.15) is 0 Å². The zero-order valence-electron chi connectivity index (χ0n) is 13.2. The van der Waals surface area contributed by atoms with Crippen LogP contribution < -0.4 is 15.4 Å². The Morgan fingerprint density at radius 3 is 2.60 bits per heavy atom. The summed E-state index contributed by atoms with van der Waals surface area (Å²) in [6.45, 7) is -0.877.